The molecular formula is C6H12O3. The molecule has 1 aliphatic rings. The van der Waals surface area contributed by atoms with Gasteiger partial charge in [-0.1, -0.05) is 0 Å². The summed E-state index contributed by atoms with van der Waals surface area (Å²) >= 11 is 0. The molecule has 2 N–H and O–H groups in total. The third-order valence-electron chi connectivity index (χ3n) is 1.45. The van der Waals surface area contributed by atoms with Gasteiger partial charge in [0.2, 0.25) is 0 Å². The van der Waals surface area contributed by atoms with E-state index in [9.17, 15) is 0 Å². The zero-order chi connectivity index (χ0) is 6.69. The van der Waals surface area contributed by atoms with Gasteiger partial charge >= 0.3 is 0 Å². The Bertz CT molecular complexity index is 74.4. The minimum absolute atomic E-state index is 0.372. The van der Waals surface area contributed by atoms with E-state index in [4.69, 9.17) is 14.9 Å². The molecule has 54 valence electrons. The van der Waals surface area contributed by atoms with Crippen molar-refractivity contribution in [3.8, 4) is 0 Å². The molecule has 1 saturated heterocycles. The first-order valence-corrected chi connectivity index (χ1v) is 3.23. The Hall–Kier alpha value is -0.120. The van der Waals surface area contributed by atoms with Crippen LogP contribution < -0.4 is 0 Å². The molecule has 0 radical (unpaired) electrons. The molecule has 3 heteroatoms. The number of aliphatic hydroxyl groups excluding tert-OH is 2. The van der Waals surface area contributed by atoms with Crippen LogP contribution in [0.5, 0.6) is 0 Å². The lowest BCUT2D eigenvalue weighted by Gasteiger charge is -2.07. The Labute approximate surface area is 54.3 Å². The lowest BCUT2D eigenvalue weighted by Crippen LogP contribution is -2.17. The first-order chi connectivity index (χ1) is 4.29. The Morgan fingerprint density at radius 1 is 1.22 bits per heavy atom. The molecule has 9 heavy (non-hydrogen) atoms. The smallest absolute Gasteiger partial charge is 0.0798 e. The zero-order valence-corrected chi connectivity index (χ0v) is 5.29. The van der Waals surface area contributed by atoms with Crippen molar-refractivity contribution in [2.75, 3.05) is 13.2 Å². The first kappa shape index (κ1) is 6.99. The van der Waals surface area contributed by atoms with Gasteiger partial charge < -0.3 is 14.9 Å². The maximum Gasteiger partial charge on any atom is 0.0798 e. The molecule has 0 aromatic rings. The van der Waals surface area contributed by atoms with E-state index in [1.165, 1.54) is 0 Å². The van der Waals surface area contributed by atoms with Crippen LogP contribution in [0.3, 0.4) is 0 Å². The summed E-state index contributed by atoms with van der Waals surface area (Å²) in [7, 11) is 0. The average Bonchev–Trinajstić information content (AvgIpc) is 1.93. The molecule has 3 nitrogen and oxygen atoms in total. The molecule has 0 aromatic carbocycles. The van der Waals surface area contributed by atoms with Crippen molar-refractivity contribution in [1.29, 1.82) is 0 Å². The van der Waals surface area contributed by atoms with Gasteiger partial charge in [0.1, 0.15) is 0 Å². The lowest BCUT2D eigenvalue weighted by molar-refractivity contribution is 0.0464. The fourth-order valence-corrected chi connectivity index (χ4v) is 0.939. The minimum atomic E-state index is -0.470. The van der Waals surface area contributed by atoms with Crippen molar-refractivity contribution in [2.45, 2.75) is 25.0 Å². The topological polar surface area (TPSA) is 49.7 Å². The third kappa shape index (κ3) is 2.30. The molecule has 0 saturated carbocycles. The lowest BCUT2D eigenvalue weighted by atomic mass is 10.1. The second-order valence-electron chi connectivity index (χ2n) is 2.41. The molecule has 0 aromatic heterocycles. The summed E-state index contributed by atoms with van der Waals surface area (Å²) in [5.41, 5.74) is 0. The van der Waals surface area contributed by atoms with Crippen molar-refractivity contribution in [3.05, 3.63) is 0 Å². The Morgan fingerprint density at radius 3 is 2.78 bits per heavy atom. The van der Waals surface area contributed by atoms with Gasteiger partial charge in [0.25, 0.3) is 0 Å². The first-order valence-electron chi connectivity index (χ1n) is 3.23. The molecule has 1 unspecified atom stereocenters. The minimum Gasteiger partial charge on any atom is -0.393 e. The van der Waals surface area contributed by atoms with E-state index in [1.807, 2.05) is 0 Å². The quantitative estimate of drug-likeness (QED) is 0.468. The van der Waals surface area contributed by atoms with Crippen molar-refractivity contribution in [3.63, 3.8) is 0 Å². The van der Waals surface area contributed by atoms with Gasteiger partial charge in [-0.25, -0.2) is 0 Å². The summed E-state index contributed by atoms with van der Waals surface area (Å²) in [5, 5.41) is 18.0. The van der Waals surface area contributed by atoms with Gasteiger partial charge in [0.15, 0.2) is 0 Å². The van der Waals surface area contributed by atoms with Crippen molar-refractivity contribution >= 4 is 0 Å². The molecule has 1 fully saturated rings. The Kier molecular flexibility index (Phi) is 2.45. The van der Waals surface area contributed by atoms with E-state index in [-0.39, 0.29) is 6.10 Å². The molecule has 0 amide bonds. The van der Waals surface area contributed by atoms with Gasteiger partial charge in [-0.05, 0) is 6.42 Å². The largest absolute Gasteiger partial charge is 0.393 e. The van der Waals surface area contributed by atoms with Gasteiger partial charge in [-0.3, -0.25) is 0 Å². The Morgan fingerprint density at radius 2 is 2.00 bits per heavy atom. The summed E-state index contributed by atoms with van der Waals surface area (Å²) in [5.74, 6) is 0. The van der Waals surface area contributed by atoms with Crippen LogP contribution in [-0.2, 0) is 4.74 Å². The van der Waals surface area contributed by atoms with Gasteiger partial charge in [-0.15, -0.1) is 0 Å². The fraction of sp³-hybridized carbons (Fsp3) is 1.00. The van der Waals surface area contributed by atoms with Crippen LogP contribution in [0.15, 0.2) is 0 Å². The van der Waals surface area contributed by atoms with E-state index < -0.39 is 6.10 Å². The van der Waals surface area contributed by atoms with E-state index >= 15 is 0 Å². The van der Waals surface area contributed by atoms with Crippen LogP contribution in [0.25, 0.3) is 0 Å². The summed E-state index contributed by atoms with van der Waals surface area (Å²) in [4.78, 5) is 0. The fourth-order valence-electron chi connectivity index (χ4n) is 0.939. The van der Waals surface area contributed by atoms with Crippen molar-refractivity contribution < 1.29 is 14.9 Å². The standard InChI is InChI=1S/C6H12O3/c7-5-1-2-9-4-6(8)3-5/h5-8H,1-4H2/t5?,6-/m0/s1. The monoisotopic (exact) mass is 132 g/mol. The van der Waals surface area contributed by atoms with Gasteiger partial charge in [0.05, 0.1) is 18.8 Å². The normalized spacial score (nSPS) is 38.0. The third-order valence-corrected chi connectivity index (χ3v) is 1.45. The maximum atomic E-state index is 9.02. The number of aliphatic hydroxyl groups is 2. The molecule has 1 rings (SSSR count). The van der Waals surface area contributed by atoms with Gasteiger partial charge in [0, 0.05) is 13.0 Å². The van der Waals surface area contributed by atoms with Crippen LogP contribution in [-0.4, -0.2) is 35.6 Å². The van der Waals surface area contributed by atoms with E-state index in [0.717, 1.165) is 0 Å². The molecule has 2 atom stereocenters. The number of hydrogen-bond acceptors (Lipinski definition) is 3. The van der Waals surface area contributed by atoms with E-state index in [1.54, 1.807) is 0 Å². The molecule has 0 aliphatic carbocycles. The number of hydrogen-bond donors (Lipinski definition) is 2. The van der Waals surface area contributed by atoms with Crippen LogP contribution in [0.2, 0.25) is 0 Å². The Balaban J connectivity index is 2.29. The maximum absolute atomic E-state index is 9.02. The summed E-state index contributed by atoms with van der Waals surface area (Å²) in [6, 6.07) is 0. The van der Waals surface area contributed by atoms with E-state index in [2.05, 4.69) is 0 Å². The SMILES string of the molecule is OC1CCOC[C@@H](O)C1. The van der Waals surface area contributed by atoms with Gasteiger partial charge in [-0.2, -0.15) is 0 Å². The summed E-state index contributed by atoms with van der Waals surface area (Å²) in [6.45, 7) is 0.940. The van der Waals surface area contributed by atoms with E-state index in [0.29, 0.717) is 26.1 Å². The predicted molar refractivity (Wildman–Crippen MR) is 32.1 cm³/mol. The second kappa shape index (κ2) is 3.15. The summed E-state index contributed by atoms with van der Waals surface area (Å²) in [6.07, 6.45) is 0.266. The van der Waals surface area contributed by atoms with Crippen LogP contribution in [0, 0.1) is 0 Å². The zero-order valence-electron chi connectivity index (χ0n) is 5.29. The predicted octanol–water partition coefficient (Wildman–Crippen LogP) is -0.481. The number of rotatable bonds is 0. The highest BCUT2D eigenvalue weighted by atomic mass is 16.5. The summed E-state index contributed by atoms with van der Waals surface area (Å²) < 4.78 is 4.97. The molecule has 1 aliphatic heterocycles. The molecule has 0 bridgehead atoms. The van der Waals surface area contributed by atoms with Crippen molar-refractivity contribution in [1.82, 2.24) is 0 Å². The van der Waals surface area contributed by atoms with Crippen LogP contribution >= 0.6 is 0 Å². The highest BCUT2D eigenvalue weighted by Gasteiger charge is 2.15. The average molecular weight is 132 g/mol. The highest BCUT2D eigenvalue weighted by molar-refractivity contribution is 4.66. The van der Waals surface area contributed by atoms with Crippen LogP contribution in [0.1, 0.15) is 12.8 Å². The van der Waals surface area contributed by atoms with Crippen LogP contribution in [0.4, 0.5) is 0 Å². The molecule has 1 heterocycles. The highest BCUT2D eigenvalue weighted by Crippen LogP contribution is 2.07. The second-order valence-corrected chi connectivity index (χ2v) is 2.41. The number of ether oxygens (including phenoxy) is 1. The molecule has 0 spiro atoms. The molecular weight excluding hydrogens is 120 g/mol. The van der Waals surface area contributed by atoms with Crippen molar-refractivity contribution in [2.24, 2.45) is 0 Å².